The van der Waals surface area contributed by atoms with Crippen LogP contribution in [-0.4, -0.2) is 4.98 Å². The normalized spacial score (nSPS) is 10.1. The lowest BCUT2D eigenvalue weighted by Crippen LogP contribution is -1.79. The summed E-state index contributed by atoms with van der Waals surface area (Å²) < 4.78 is 1.07. The van der Waals surface area contributed by atoms with Crippen LogP contribution in [0.25, 0.3) is 11.1 Å². The van der Waals surface area contributed by atoms with Gasteiger partial charge in [0, 0.05) is 22.4 Å². The molecule has 1 nitrogen and oxygen atoms in total. The average Bonchev–Trinajstić information content (AvgIpc) is 2.19. The molecule has 2 aromatic rings. The van der Waals surface area contributed by atoms with E-state index in [2.05, 4.69) is 20.9 Å². The maximum absolute atomic E-state index is 5.85. The summed E-state index contributed by atoms with van der Waals surface area (Å²) in [5.74, 6) is 0. The highest BCUT2D eigenvalue weighted by Crippen LogP contribution is 2.22. The van der Waals surface area contributed by atoms with Crippen LogP contribution >= 0.6 is 27.5 Å². The van der Waals surface area contributed by atoms with Gasteiger partial charge in [0.15, 0.2) is 0 Å². The first kappa shape index (κ1) is 9.69. The summed E-state index contributed by atoms with van der Waals surface area (Å²) in [5.41, 5.74) is 2.15. The van der Waals surface area contributed by atoms with Gasteiger partial charge in [-0.25, -0.2) is 0 Å². The predicted octanol–water partition coefficient (Wildman–Crippen LogP) is 4.16. The van der Waals surface area contributed by atoms with E-state index in [9.17, 15) is 0 Å². The molecule has 14 heavy (non-hydrogen) atoms. The Labute approximate surface area is 95.9 Å². The summed E-state index contributed by atoms with van der Waals surface area (Å²) in [6.07, 6.45) is 3.43. The van der Waals surface area contributed by atoms with Crippen LogP contribution in [0.1, 0.15) is 0 Å². The molecule has 1 heterocycles. The van der Waals surface area contributed by atoms with Crippen molar-refractivity contribution in [3.8, 4) is 11.1 Å². The number of rotatable bonds is 1. The Balaban J connectivity index is 2.44. The van der Waals surface area contributed by atoms with E-state index in [-0.39, 0.29) is 0 Å². The summed E-state index contributed by atoms with van der Waals surface area (Å²) in [5, 5.41) is 0.658. The van der Waals surface area contributed by atoms with Crippen molar-refractivity contribution >= 4 is 27.5 Å². The largest absolute Gasteiger partial charge is 0.263 e. The number of benzene rings is 1. The van der Waals surface area contributed by atoms with Gasteiger partial charge >= 0.3 is 0 Å². The smallest absolute Gasteiger partial charge is 0.0595 e. The average molecular weight is 269 g/mol. The lowest BCUT2D eigenvalue weighted by molar-refractivity contribution is 1.33. The van der Waals surface area contributed by atoms with Crippen molar-refractivity contribution < 1.29 is 0 Å². The third-order valence-electron chi connectivity index (χ3n) is 1.88. The molecular formula is C11H7BrClN. The van der Waals surface area contributed by atoms with Crippen molar-refractivity contribution in [2.45, 2.75) is 0 Å². The van der Waals surface area contributed by atoms with Gasteiger partial charge in [0.1, 0.15) is 0 Å². The summed E-state index contributed by atoms with van der Waals surface area (Å²) in [6, 6.07) is 9.94. The van der Waals surface area contributed by atoms with Crippen molar-refractivity contribution in [2.75, 3.05) is 0 Å². The Morgan fingerprint density at radius 1 is 1.00 bits per heavy atom. The molecule has 0 aliphatic rings. The standard InChI is InChI=1S/C11H7BrClN/c12-10-3-1-8(2-4-10)9-5-11(13)7-14-6-9/h1-7H. The van der Waals surface area contributed by atoms with Crippen LogP contribution in [0, 0.1) is 0 Å². The van der Waals surface area contributed by atoms with Gasteiger partial charge in [-0.1, -0.05) is 39.7 Å². The van der Waals surface area contributed by atoms with Crippen LogP contribution in [0.3, 0.4) is 0 Å². The number of pyridine rings is 1. The van der Waals surface area contributed by atoms with Crippen LogP contribution < -0.4 is 0 Å². The fourth-order valence-electron chi connectivity index (χ4n) is 1.21. The van der Waals surface area contributed by atoms with E-state index in [1.165, 1.54) is 0 Å². The number of hydrogen-bond acceptors (Lipinski definition) is 1. The zero-order valence-corrected chi connectivity index (χ0v) is 9.59. The molecule has 0 atom stereocenters. The van der Waals surface area contributed by atoms with Gasteiger partial charge in [-0.15, -0.1) is 0 Å². The molecule has 0 unspecified atom stereocenters. The molecule has 2 rings (SSSR count). The van der Waals surface area contributed by atoms with Crippen molar-refractivity contribution in [2.24, 2.45) is 0 Å². The molecule has 0 aliphatic heterocycles. The van der Waals surface area contributed by atoms with Crippen molar-refractivity contribution in [1.29, 1.82) is 0 Å². The number of nitrogens with zero attached hydrogens (tertiary/aromatic N) is 1. The Bertz CT molecular complexity index is 439. The number of aromatic nitrogens is 1. The van der Waals surface area contributed by atoms with E-state index in [0.29, 0.717) is 5.02 Å². The van der Waals surface area contributed by atoms with Crippen LogP contribution in [0.4, 0.5) is 0 Å². The summed E-state index contributed by atoms with van der Waals surface area (Å²) in [4.78, 5) is 4.04. The lowest BCUT2D eigenvalue weighted by Gasteiger charge is -2.01. The Morgan fingerprint density at radius 3 is 2.36 bits per heavy atom. The predicted molar refractivity (Wildman–Crippen MR) is 62.4 cm³/mol. The van der Waals surface area contributed by atoms with Gasteiger partial charge in [-0.2, -0.15) is 0 Å². The minimum absolute atomic E-state index is 0.658. The van der Waals surface area contributed by atoms with Gasteiger partial charge in [0.05, 0.1) is 5.02 Å². The van der Waals surface area contributed by atoms with E-state index in [4.69, 9.17) is 11.6 Å². The molecule has 0 spiro atoms. The highest BCUT2D eigenvalue weighted by molar-refractivity contribution is 9.10. The van der Waals surface area contributed by atoms with Gasteiger partial charge in [0.25, 0.3) is 0 Å². The molecular weight excluding hydrogens is 261 g/mol. The van der Waals surface area contributed by atoms with E-state index in [0.717, 1.165) is 15.6 Å². The Morgan fingerprint density at radius 2 is 1.71 bits per heavy atom. The molecule has 3 heteroatoms. The minimum atomic E-state index is 0.658. The van der Waals surface area contributed by atoms with Crippen molar-refractivity contribution in [1.82, 2.24) is 4.98 Å². The van der Waals surface area contributed by atoms with Gasteiger partial charge in [0.2, 0.25) is 0 Å². The van der Waals surface area contributed by atoms with E-state index >= 15 is 0 Å². The first-order valence-corrected chi connectivity index (χ1v) is 5.29. The first-order valence-electron chi connectivity index (χ1n) is 4.12. The lowest BCUT2D eigenvalue weighted by atomic mass is 10.1. The third kappa shape index (κ3) is 2.14. The van der Waals surface area contributed by atoms with Crippen molar-refractivity contribution in [3.05, 3.63) is 52.2 Å². The van der Waals surface area contributed by atoms with Gasteiger partial charge < -0.3 is 0 Å². The van der Waals surface area contributed by atoms with Crippen LogP contribution in [0.2, 0.25) is 5.02 Å². The Hall–Kier alpha value is -0.860. The van der Waals surface area contributed by atoms with Gasteiger partial charge in [-0.05, 0) is 23.8 Å². The molecule has 1 aromatic carbocycles. The number of hydrogen-bond donors (Lipinski definition) is 0. The third-order valence-corrected chi connectivity index (χ3v) is 2.62. The summed E-state index contributed by atoms with van der Waals surface area (Å²) >= 11 is 9.25. The van der Waals surface area contributed by atoms with Gasteiger partial charge in [-0.3, -0.25) is 4.98 Å². The second-order valence-corrected chi connectivity index (χ2v) is 4.25. The van der Waals surface area contributed by atoms with Crippen molar-refractivity contribution in [3.63, 3.8) is 0 Å². The Kier molecular flexibility index (Phi) is 2.85. The zero-order valence-electron chi connectivity index (χ0n) is 7.24. The molecule has 0 radical (unpaired) electrons. The molecule has 0 saturated heterocycles. The molecule has 0 bridgehead atoms. The quantitative estimate of drug-likeness (QED) is 0.756. The second-order valence-electron chi connectivity index (χ2n) is 2.90. The monoisotopic (exact) mass is 267 g/mol. The van der Waals surface area contributed by atoms with Crippen LogP contribution in [0.15, 0.2) is 47.2 Å². The number of halogens is 2. The highest BCUT2D eigenvalue weighted by Gasteiger charge is 1.98. The molecule has 70 valence electrons. The minimum Gasteiger partial charge on any atom is -0.263 e. The molecule has 0 fully saturated rings. The zero-order chi connectivity index (χ0) is 9.97. The second kappa shape index (κ2) is 4.11. The molecule has 0 saturated carbocycles. The summed E-state index contributed by atoms with van der Waals surface area (Å²) in [7, 11) is 0. The fourth-order valence-corrected chi connectivity index (χ4v) is 1.65. The molecule has 0 N–H and O–H groups in total. The maximum Gasteiger partial charge on any atom is 0.0595 e. The topological polar surface area (TPSA) is 12.9 Å². The molecule has 0 amide bonds. The molecule has 0 aliphatic carbocycles. The van der Waals surface area contributed by atoms with Crippen LogP contribution in [0.5, 0.6) is 0 Å². The fraction of sp³-hybridized carbons (Fsp3) is 0. The maximum atomic E-state index is 5.85. The SMILES string of the molecule is Clc1cncc(-c2ccc(Br)cc2)c1. The van der Waals surface area contributed by atoms with Crippen LogP contribution in [-0.2, 0) is 0 Å². The highest BCUT2D eigenvalue weighted by atomic mass is 79.9. The first-order chi connectivity index (χ1) is 6.75. The van der Waals surface area contributed by atoms with E-state index in [1.807, 2.05) is 30.3 Å². The molecule has 1 aromatic heterocycles. The van der Waals surface area contributed by atoms with E-state index in [1.54, 1.807) is 12.4 Å². The summed E-state index contributed by atoms with van der Waals surface area (Å²) in [6.45, 7) is 0. The van der Waals surface area contributed by atoms with E-state index < -0.39 is 0 Å².